The zero-order valence-corrected chi connectivity index (χ0v) is 13.5. The molecule has 1 amide bonds. The van der Waals surface area contributed by atoms with Crippen molar-refractivity contribution in [3.05, 3.63) is 0 Å². The first kappa shape index (κ1) is 20.3. The maximum absolute atomic E-state index is 12.4. The molecular weight excluding hydrogens is 274 g/mol. The monoisotopic (exact) mass is 306 g/mol. The predicted molar refractivity (Wildman–Crippen MR) is 83.5 cm³/mol. The van der Waals surface area contributed by atoms with Gasteiger partial charge in [-0.3, -0.25) is 4.79 Å². The average molecular weight is 306 g/mol. The second kappa shape index (κ2) is 14.2. The second-order valence-corrected chi connectivity index (χ2v) is 5.60. The number of nitrogens with two attached hydrogens (primary N) is 1. The topological polar surface area (TPSA) is 46.3 Å². The smallest absolute Gasteiger partial charge is 0.255 e. The van der Waals surface area contributed by atoms with Crippen LogP contribution < -0.4 is 5.73 Å². The van der Waals surface area contributed by atoms with Crippen molar-refractivity contribution >= 4 is 5.91 Å². The zero-order chi connectivity index (χ0) is 15.9. The van der Waals surface area contributed by atoms with E-state index in [9.17, 15) is 13.6 Å². The highest BCUT2D eigenvalue weighted by molar-refractivity contribution is 5.76. The number of nitrogens with zero attached hydrogens (tertiary/aromatic N) is 1. The summed E-state index contributed by atoms with van der Waals surface area (Å²) < 4.78 is 24.7. The fourth-order valence-electron chi connectivity index (χ4n) is 2.39. The Bertz CT molecular complexity index is 250. The minimum absolute atomic E-state index is 0.191. The van der Waals surface area contributed by atoms with Crippen LogP contribution in [0.2, 0.25) is 0 Å². The van der Waals surface area contributed by atoms with Gasteiger partial charge in [-0.2, -0.15) is 0 Å². The second-order valence-electron chi connectivity index (χ2n) is 5.60. The van der Waals surface area contributed by atoms with Crippen LogP contribution in [0.3, 0.4) is 0 Å². The van der Waals surface area contributed by atoms with E-state index >= 15 is 0 Å². The third kappa shape index (κ3) is 12.7. The molecule has 0 radical (unpaired) electrons. The summed E-state index contributed by atoms with van der Waals surface area (Å²) in [5.74, 6) is -0.191. The molecule has 21 heavy (non-hydrogen) atoms. The van der Waals surface area contributed by atoms with Crippen LogP contribution in [0.5, 0.6) is 0 Å². The summed E-state index contributed by atoms with van der Waals surface area (Å²) in [5.41, 5.74) is 5.35. The van der Waals surface area contributed by atoms with Gasteiger partial charge >= 0.3 is 0 Å². The summed E-state index contributed by atoms with van der Waals surface area (Å²) >= 11 is 0. The lowest BCUT2D eigenvalue weighted by Crippen LogP contribution is -2.38. The van der Waals surface area contributed by atoms with Gasteiger partial charge in [0.2, 0.25) is 5.91 Å². The Labute approximate surface area is 128 Å². The molecule has 0 aliphatic carbocycles. The number of carbonyl (C=O) groups excluding carboxylic acids is 1. The maximum atomic E-state index is 12.4. The van der Waals surface area contributed by atoms with Crippen molar-refractivity contribution < 1.29 is 13.6 Å². The summed E-state index contributed by atoms with van der Waals surface area (Å²) in [7, 11) is 0. The SMILES string of the molecule is CCCCCCCCCCCC(=O)N(CCN)CC(F)F. The molecule has 0 aromatic rings. The van der Waals surface area contributed by atoms with Crippen LogP contribution in [-0.4, -0.2) is 36.9 Å². The molecule has 5 heteroatoms. The highest BCUT2D eigenvalue weighted by Crippen LogP contribution is 2.11. The molecule has 0 aromatic carbocycles. The minimum Gasteiger partial charge on any atom is -0.336 e. The first-order valence-electron chi connectivity index (χ1n) is 8.37. The van der Waals surface area contributed by atoms with Crippen LogP contribution in [0.15, 0.2) is 0 Å². The Morgan fingerprint density at radius 2 is 1.52 bits per heavy atom. The van der Waals surface area contributed by atoms with Crippen LogP contribution in [0, 0.1) is 0 Å². The minimum atomic E-state index is -2.48. The van der Waals surface area contributed by atoms with Crippen molar-refractivity contribution in [2.24, 2.45) is 5.73 Å². The van der Waals surface area contributed by atoms with E-state index in [1.807, 2.05) is 0 Å². The molecule has 3 nitrogen and oxygen atoms in total. The van der Waals surface area contributed by atoms with Gasteiger partial charge < -0.3 is 10.6 Å². The van der Waals surface area contributed by atoms with Crippen molar-refractivity contribution in [1.29, 1.82) is 0 Å². The number of halogens is 2. The number of alkyl halides is 2. The summed E-state index contributed by atoms with van der Waals surface area (Å²) in [6, 6.07) is 0. The van der Waals surface area contributed by atoms with Crippen molar-refractivity contribution in [2.75, 3.05) is 19.6 Å². The fourth-order valence-corrected chi connectivity index (χ4v) is 2.39. The largest absolute Gasteiger partial charge is 0.336 e. The third-order valence-corrected chi connectivity index (χ3v) is 3.60. The van der Waals surface area contributed by atoms with Crippen molar-refractivity contribution in [2.45, 2.75) is 77.6 Å². The summed E-state index contributed by atoms with van der Waals surface area (Å²) in [4.78, 5) is 13.0. The molecular formula is C16H32F2N2O. The van der Waals surface area contributed by atoms with E-state index in [0.29, 0.717) is 6.42 Å². The molecule has 0 spiro atoms. The van der Waals surface area contributed by atoms with E-state index in [1.54, 1.807) is 0 Å². The average Bonchev–Trinajstić information content (AvgIpc) is 2.44. The standard InChI is InChI=1S/C16H32F2N2O/c1-2-3-4-5-6-7-8-9-10-11-16(21)20(13-12-19)14-15(17)18/h15H,2-14,19H2,1H3. The van der Waals surface area contributed by atoms with Crippen molar-refractivity contribution in [3.63, 3.8) is 0 Å². The zero-order valence-electron chi connectivity index (χ0n) is 13.5. The van der Waals surface area contributed by atoms with Gasteiger partial charge in [0.1, 0.15) is 0 Å². The molecule has 0 aliphatic heterocycles. The van der Waals surface area contributed by atoms with E-state index in [4.69, 9.17) is 5.73 Å². The molecule has 0 fully saturated rings. The lowest BCUT2D eigenvalue weighted by atomic mass is 10.1. The molecule has 0 atom stereocenters. The number of rotatable bonds is 14. The molecule has 0 saturated heterocycles. The highest BCUT2D eigenvalue weighted by atomic mass is 19.3. The lowest BCUT2D eigenvalue weighted by molar-refractivity contribution is -0.133. The quantitative estimate of drug-likeness (QED) is 0.494. The summed E-state index contributed by atoms with van der Waals surface area (Å²) in [6.07, 6.45) is 8.47. The Hall–Kier alpha value is -0.710. The Balaban J connectivity index is 3.58. The van der Waals surface area contributed by atoms with Crippen molar-refractivity contribution in [3.8, 4) is 0 Å². The van der Waals surface area contributed by atoms with Gasteiger partial charge in [0.15, 0.2) is 0 Å². The molecule has 0 aromatic heterocycles. The van der Waals surface area contributed by atoms with Crippen LogP contribution in [0.25, 0.3) is 0 Å². The van der Waals surface area contributed by atoms with Crippen LogP contribution in [0.1, 0.15) is 71.1 Å². The lowest BCUT2D eigenvalue weighted by Gasteiger charge is -2.21. The first-order chi connectivity index (χ1) is 10.1. The maximum Gasteiger partial charge on any atom is 0.255 e. The summed E-state index contributed by atoms with van der Waals surface area (Å²) in [5, 5.41) is 0. The molecule has 0 bridgehead atoms. The van der Waals surface area contributed by atoms with Gasteiger partial charge in [-0.25, -0.2) is 8.78 Å². The van der Waals surface area contributed by atoms with Crippen LogP contribution >= 0.6 is 0 Å². The van der Waals surface area contributed by atoms with E-state index in [-0.39, 0.29) is 19.0 Å². The van der Waals surface area contributed by atoms with Crippen LogP contribution in [-0.2, 0) is 4.79 Å². The van der Waals surface area contributed by atoms with Gasteiger partial charge in [-0.1, -0.05) is 58.3 Å². The van der Waals surface area contributed by atoms with E-state index in [2.05, 4.69) is 6.92 Å². The third-order valence-electron chi connectivity index (χ3n) is 3.60. The van der Waals surface area contributed by atoms with Gasteiger partial charge in [0.25, 0.3) is 6.43 Å². The molecule has 0 heterocycles. The Kier molecular flexibility index (Phi) is 13.8. The Morgan fingerprint density at radius 1 is 1.00 bits per heavy atom. The normalized spacial score (nSPS) is 11.1. The van der Waals surface area contributed by atoms with E-state index < -0.39 is 13.0 Å². The first-order valence-corrected chi connectivity index (χ1v) is 8.37. The Morgan fingerprint density at radius 3 is 2.00 bits per heavy atom. The predicted octanol–water partition coefficient (Wildman–Crippen LogP) is 3.96. The number of carbonyl (C=O) groups is 1. The summed E-state index contributed by atoms with van der Waals surface area (Å²) in [6.45, 7) is 2.17. The molecule has 126 valence electrons. The molecule has 0 aliphatic rings. The number of hydrogen-bond donors (Lipinski definition) is 1. The van der Waals surface area contributed by atoms with Crippen LogP contribution in [0.4, 0.5) is 8.78 Å². The van der Waals surface area contributed by atoms with Gasteiger partial charge in [0, 0.05) is 19.5 Å². The molecule has 0 rings (SSSR count). The van der Waals surface area contributed by atoms with Gasteiger partial charge in [-0.05, 0) is 6.42 Å². The highest BCUT2D eigenvalue weighted by Gasteiger charge is 2.16. The van der Waals surface area contributed by atoms with E-state index in [0.717, 1.165) is 19.3 Å². The molecule has 2 N–H and O–H groups in total. The number of hydrogen-bond acceptors (Lipinski definition) is 2. The van der Waals surface area contributed by atoms with Gasteiger partial charge in [0.05, 0.1) is 6.54 Å². The fraction of sp³-hybridized carbons (Fsp3) is 0.938. The number of amides is 1. The molecule has 0 unspecified atom stereocenters. The molecule has 0 saturated carbocycles. The van der Waals surface area contributed by atoms with E-state index in [1.165, 1.54) is 43.4 Å². The van der Waals surface area contributed by atoms with Gasteiger partial charge in [-0.15, -0.1) is 0 Å². The van der Waals surface area contributed by atoms with Crippen molar-refractivity contribution in [1.82, 2.24) is 4.90 Å². The number of unbranched alkanes of at least 4 members (excludes halogenated alkanes) is 8.